The smallest absolute Gasteiger partial charge is 0.190 e. The van der Waals surface area contributed by atoms with Gasteiger partial charge in [0, 0.05) is 32.7 Å². The van der Waals surface area contributed by atoms with Crippen molar-refractivity contribution in [3.63, 3.8) is 0 Å². The Balaban J connectivity index is 2.49. The molecule has 0 radical (unpaired) electrons. The second-order valence-corrected chi connectivity index (χ2v) is 5.68. The third-order valence-electron chi connectivity index (χ3n) is 3.66. The highest BCUT2D eigenvalue weighted by Crippen LogP contribution is 2.23. The Morgan fingerprint density at radius 1 is 1.47 bits per heavy atom. The highest BCUT2D eigenvalue weighted by atomic mass is 15.2. The molecule has 1 aliphatic heterocycles. The summed E-state index contributed by atoms with van der Waals surface area (Å²) in [6.07, 6.45) is 2.70. The first-order chi connectivity index (χ1) is 7.99. The number of nitrogens with zero attached hydrogens (tertiary/aromatic N) is 2. The van der Waals surface area contributed by atoms with Crippen LogP contribution < -0.4 is 10.6 Å². The lowest BCUT2D eigenvalue weighted by molar-refractivity contribution is 0.0740. The van der Waals surface area contributed by atoms with E-state index >= 15 is 0 Å². The van der Waals surface area contributed by atoms with Gasteiger partial charge >= 0.3 is 0 Å². The van der Waals surface area contributed by atoms with Gasteiger partial charge in [0.25, 0.3) is 0 Å². The van der Waals surface area contributed by atoms with E-state index in [4.69, 9.17) is 0 Å². The maximum Gasteiger partial charge on any atom is 0.190 e. The first kappa shape index (κ1) is 14.3. The monoisotopic (exact) mass is 240 g/mol. The molecule has 1 saturated heterocycles. The van der Waals surface area contributed by atoms with Gasteiger partial charge in [0.05, 0.1) is 0 Å². The Morgan fingerprint density at radius 2 is 2.18 bits per heavy atom. The molecule has 0 aromatic rings. The normalized spacial score (nSPS) is 23.6. The molecule has 1 rings (SSSR count). The average Bonchev–Trinajstić information content (AvgIpc) is 2.30. The van der Waals surface area contributed by atoms with E-state index in [0.717, 1.165) is 18.4 Å². The second-order valence-electron chi connectivity index (χ2n) is 5.68. The fraction of sp³-hybridized carbons (Fsp3) is 0.923. The summed E-state index contributed by atoms with van der Waals surface area (Å²) in [7, 11) is 3.69. The number of hydrogen-bond acceptors (Lipinski definition) is 2. The molecule has 1 atom stereocenters. The van der Waals surface area contributed by atoms with E-state index in [1.807, 2.05) is 7.05 Å². The molecule has 0 bridgehead atoms. The third kappa shape index (κ3) is 4.19. The Labute approximate surface area is 106 Å². The van der Waals surface area contributed by atoms with E-state index in [0.29, 0.717) is 0 Å². The van der Waals surface area contributed by atoms with Gasteiger partial charge in [0.1, 0.15) is 0 Å². The molecule has 1 heterocycles. The van der Waals surface area contributed by atoms with Crippen LogP contribution >= 0.6 is 0 Å². The first-order valence-electron chi connectivity index (χ1n) is 6.63. The summed E-state index contributed by atoms with van der Waals surface area (Å²) in [5.74, 6) is 1.69. The highest BCUT2D eigenvalue weighted by molar-refractivity contribution is 5.79. The molecule has 1 aliphatic rings. The summed E-state index contributed by atoms with van der Waals surface area (Å²) in [6.45, 7) is 10.3. The summed E-state index contributed by atoms with van der Waals surface area (Å²) in [5.41, 5.74) is 0.182. The van der Waals surface area contributed by atoms with Gasteiger partial charge in [-0.25, -0.2) is 0 Å². The Hall–Kier alpha value is -0.770. The van der Waals surface area contributed by atoms with E-state index in [1.54, 1.807) is 7.05 Å². The van der Waals surface area contributed by atoms with E-state index in [-0.39, 0.29) is 5.54 Å². The number of likely N-dealkylation sites (tertiary alicyclic amines) is 1. The van der Waals surface area contributed by atoms with E-state index in [9.17, 15) is 0 Å². The molecule has 0 amide bonds. The fourth-order valence-corrected chi connectivity index (χ4v) is 2.43. The van der Waals surface area contributed by atoms with Crippen LogP contribution in [0.2, 0.25) is 0 Å². The topological polar surface area (TPSA) is 39.7 Å². The summed E-state index contributed by atoms with van der Waals surface area (Å²) in [5, 5.41) is 6.43. The zero-order chi connectivity index (χ0) is 12.9. The van der Waals surface area contributed by atoms with Gasteiger partial charge in [-0.3, -0.25) is 9.89 Å². The largest absolute Gasteiger partial charge is 0.359 e. The van der Waals surface area contributed by atoms with Gasteiger partial charge in [-0.15, -0.1) is 0 Å². The van der Waals surface area contributed by atoms with Crippen molar-refractivity contribution in [2.24, 2.45) is 10.9 Å². The Kier molecular flexibility index (Phi) is 5.25. The lowest BCUT2D eigenvalue weighted by atomic mass is 9.93. The molecular formula is C13H28N4. The van der Waals surface area contributed by atoms with Gasteiger partial charge in [0.15, 0.2) is 5.96 Å². The minimum Gasteiger partial charge on any atom is -0.359 e. The van der Waals surface area contributed by atoms with Crippen LogP contribution in [0.5, 0.6) is 0 Å². The number of guanidine groups is 1. The van der Waals surface area contributed by atoms with E-state index in [2.05, 4.69) is 41.3 Å². The van der Waals surface area contributed by atoms with Crippen LogP contribution in [0.1, 0.15) is 33.6 Å². The van der Waals surface area contributed by atoms with Gasteiger partial charge in [-0.05, 0) is 39.2 Å². The number of rotatable bonds is 3. The molecule has 0 aromatic carbocycles. The Morgan fingerprint density at radius 3 is 2.71 bits per heavy atom. The second kappa shape index (κ2) is 6.24. The van der Waals surface area contributed by atoms with Gasteiger partial charge in [-0.2, -0.15) is 0 Å². The maximum atomic E-state index is 4.15. The SMILES string of the molecule is CN=C(NC)NCC(C)(C)N1CCC[C@H](C)C1. The molecule has 2 N–H and O–H groups in total. The quantitative estimate of drug-likeness (QED) is 0.577. The molecule has 1 fully saturated rings. The van der Waals surface area contributed by atoms with Crippen molar-refractivity contribution < 1.29 is 0 Å². The number of nitrogens with one attached hydrogen (secondary N) is 2. The van der Waals surface area contributed by atoms with Crippen LogP contribution in [0.4, 0.5) is 0 Å². The predicted octanol–water partition coefficient (Wildman–Crippen LogP) is 1.29. The molecule has 0 aromatic heterocycles. The molecule has 4 nitrogen and oxygen atoms in total. The van der Waals surface area contributed by atoms with Crippen LogP contribution in [-0.4, -0.2) is 50.1 Å². The van der Waals surface area contributed by atoms with Crippen molar-refractivity contribution in [3.05, 3.63) is 0 Å². The van der Waals surface area contributed by atoms with Crippen molar-refractivity contribution >= 4 is 5.96 Å². The van der Waals surface area contributed by atoms with Crippen molar-refractivity contribution in [2.75, 3.05) is 33.7 Å². The molecule has 0 saturated carbocycles. The van der Waals surface area contributed by atoms with Crippen LogP contribution in [0.25, 0.3) is 0 Å². The highest BCUT2D eigenvalue weighted by Gasteiger charge is 2.29. The standard InChI is InChI=1S/C13H28N4/c1-11-7-6-8-17(9-11)13(2,3)10-16-12(14-4)15-5/h11H,6-10H2,1-5H3,(H2,14,15,16)/t11-/m0/s1. The zero-order valence-electron chi connectivity index (χ0n) is 12.0. The first-order valence-corrected chi connectivity index (χ1v) is 6.63. The summed E-state index contributed by atoms with van der Waals surface area (Å²) < 4.78 is 0. The minimum absolute atomic E-state index is 0.182. The molecule has 0 spiro atoms. The molecule has 0 aliphatic carbocycles. The van der Waals surface area contributed by atoms with E-state index in [1.165, 1.54) is 25.9 Å². The predicted molar refractivity (Wildman–Crippen MR) is 74.5 cm³/mol. The summed E-state index contributed by atoms with van der Waals surface area (Å²) in [4.78, 5) is 6.74. The van der Waals surface area contributed by atoms with Crippen molar-refractivity contribution in [1.29, 1.82) is 0 Å². The number of hydrogen-bond donors (Lipinski definition) is 2. The van der Waals surface area contributed by atoms with Crippen molar-refractivity contribution in [3.8, 4) is 0 Å². The van der Waals surface area contributed by atoms with E-state index < -0.39 is 0 Å². The van der Waals surface area contributed by atoms with Crippen molar-refractivity contribution in [2.45, 2.75) is 39.2 Å². The fourth-order valence-electron chi connectivity index (χ4n) is 2.43. The van der Waals surface area contributed by atoms with Crippen LogP contribution in [0.3, 0.4) is 0 Å². The summed E-state index contributed by atoms with van der Waals surface area (Å²) >= 11 is 0. The van der Waals surface area contributed by atoms with Gasteiger partial charge < -0.3 is 10.6 Å². The van der Waals surface area contributed by atoms with Crippen molar-refractivity contribution in [1.82, 2.24) is 15.5 Å². The Bertz CT molecular complexity index is 260. The number of aliphatic imine (C=N–C) groups is 1. The molecule has 0 unspecified atom stereocenters. The van der Waals surface area contributed by atoms with Crippen LogP contribution in [0, 0.1) is 5.92 Å². The van der Waals surface area contributed by atoms with Crippen LogP contribution in [-0.2, 0) is 0 Å². The molecule has 4 heteroatoms. The lowest BCUT2D eigenvalue weighted by Gasteiger charge is -2.43. The van der Waals surface area contributed by atoms with Crippen LogP contribution in [0.15, 0.2) is 4.99 Å². The third-order valence-corrected chi connectivity index (χ3v) is 3.66. The molecule has 17 heavy (non-hydrogen) atoms. The van der Waals surface area contributed by atoms with Gasteiger partial charge in [0.2, 0.25) is 0 Å². The summed E-state index contributed by atoms with van der Waals surface area (Å²) in [6, 6.07) is 0. The molecule has 100 valence electrons. The lowest BCUT2D eigenvalue weighted by Crippen LogP contribution is -2.55. The minimum atomic E-state index is 0.182. The zero-order valence-corrected chi connectivity index (χ0v) is 12.0. The number of piperidine rings is 1. The maximum absolute atomic E-state index is 4.15. The molecular weight excluding hydrogens is 212 g/mol. The van der Waals surface area contributed by atoms with Gasteiger partial charge in [-0.1, -0.05) is 6.92 Å². The average molecular weight is 240 g/mol.